The monoisotopic (exact) mass is 183 g/mol. The van der Waals surface area contributed by atoms with Gasteiger partial charge < -0.3 is 10.4 Å². The van der Waals surface area contributed by atoms with E-state index in [1.807, 2.05) is 0 Å². The molecule has 0 spiro atoms. The van der Waals surface area contributed by atoms with Crippen LogP contribution in [0.5, 0.6) is 0 Å². The molecule has 74 valence electrons. The lowest BCUT2D eigenvalue weighted by atomic mass is 9.76. The number of hydrogen-bond donors (Lipinski definition) is 2. The van der Waals surface area contributed by atoms with Crippen LogP contribution in [0.2, 0.25) is 0 Å². The second-order valence-electron chi connectivity index (χ2n) is 4.41. The van der Waals surface area contributed by atoms with Gasteiger partial charge in [-0.1, -0.05) is 6.42 Å². The summed E-state index contributed by atoms with van der Waals surface area (Å²) in [6.07, 6.45) is 6.28. The first-order chi connectivity index (χ1) is 6.26. The Hall–Kier alpha value is -0.570. The van der Waals surface area contributed by atoms with Crippen molar-refractivity contribution in [3.05, 3.63) is 0 Å². The summed E-state index contributed by atoms with van der Waals surface area (Å²) < 4.78 is 0. The average Bonchev–Trinajstić information content (AvgIpc) is 1.93. The van der Waals surface area contributed by atoms with E-state index in [0.29, 0.717) is 0 Å². The number of aliphatic hydroxyl groups is 1. The summed E-state index contributed by atoms with van der Waals surface area (Å²) in [6, 6.07) is 0. The third-order valence-electron chi connectivity index (χ3n) is 3.48. The van der Waals surface area contributed by atoms with E-state index >= 15 is 0 Å². The summed E-state index contributed by atoms with van der Waals surface area (Å²) in [4.78, 5) is 11.6. The first-order valence-electron chi connectivity index (χ1n) is 5.19. The van der Waals surface area contributed by atoms with Gasteiger partial charge in [-0.2, -0.15) is 0 Å². The van der Waals surface area contributed by atoms with E-state index in [-0.39, 0.29) is 24.0 Å². The first kappa shape index (κ1) is 9.00. The van der Waals surface area contributed by atoms with Gasteiger partial charge in [-0.3, -0.25) is 4.79 Å². The molecule has 0 heterocycles. The quantitative estimate of drug-likeness (QED) is 0.680. The van der Waals surface area contributed by atoms with E-state index in [1.54, 1.807) is 0 Å². The SMILES string of the molecule is O=C(NC1(CO)CCC1)C1CCC1. The molecule has 3 nitrogen and oxygen atoms in total. The maximum atomic E-state index is 11.6. The Bertz CT molecular complexity index is 201. The van der Waals surface area contributed by atoms with Gasteiger partial charge in [0.15, 0.2) is 0 Å². The number of rotatable bonds is 3. The molecular weight excluding hydrogens is 166 g/mol. The Labute approximate surface area is 78.5 Å². The predicted molar refractivity (Wildman–Crippen MR) is 49.2 cm³/mol. The lowest BCUT2D eigenvalue weighted by Crippen LogP contribution is -2.58. The fourth-order valence-electron chi connectivity index (χ4n) is 1.96. The molecule has 2 N–H and O–H groups in total. The van der Waals surface area contributed by atoms with Gasteiger partial charge in [-0.25, -0.2) is 0 Å². The van der Waals surface area contributed by atoms with Crippen molar-refractivity contribution in [3.8, 4) is 0 Å². The van der Waals surface area contributed by atoms with Gasteiger partial charge in [0.1, 0.15) is 0 Å². The fraction of sp³-hybridized carbons (Fsp3) is 0.900. The number of aliphatic hydroxyl groups excluding tert-OH is 1. The van der Waals surface area contributed by atoms with Gasteiger partial charge in [-0.15, -0.1) is 0 Å². The zero-order valence-electron chi connectivity index (χ0n) is 7.88. The van der Waals surface area contributed by atoms with Crippen molar-refractivity contribution in [3.63, 3.8) is 0 Å². The summed E-state index contributed by atoms with van der Waals surface area (Å²) in [5.41, 5.74) is -0.243. The molecule has 2 aliphatic carbocycles. The molecule has 0 radical (unpaired) electrons. The molecule has 0 atom stereocenters. The van der Waals surface area contributed by atoms with Gasteiger partial charge in [0.05, 0.1) is 12.1 Å². The van der Waals surface area contributed by atoms with Crippen molar-refractivity contribution in [2.24, 2.45) is 5.92 Å². The van der Waals surface area contributed by atoms with Crippen LogP contribution < -0.4 is 5.32 Å². The molecule has 2 aliphatic rings. The Balaban J connectivity index is 1.84. The smallest absolute Gasteiger partial charge is 0.223 e. The summed E-state index contributed by atoms with van der Waals surface area (Å²) in [6.45, 7) is 0.103. The number of carbonyl (C=O) groups excluding carboxylic acids is 1. The normalized spacial score (nSPS) is 25.9. The highest BCUT2D eigenvalue weighted by atomic mass is 16.3. The van der Waals surface area contributed by atoms with Crippen molar-refractivity contribution in [1.29, 1.82) is 0 Å². The molecule has 0 aromatic heterocycles. The number of hydrogen-bond acceptors (Lipinski definition) is 2. The van der Waals surface area contributed by atoms with Crippen molar-refractivity contribution < 1.29 is 9.90 Å². The van der Waals surface area contributed by atoms with E-state index in [2.05, 4.69) is 5.32 Å². The van der Waals surface area contributed by atoms with Gasteiger partial charge in [-0.05, 0) is 32.1 Å². The van der Waals surface area contributed by atoms with Crippen LogP contribution >= 0.6 is 0 Å². The summed E-state index contributed by atoms with van der Waals surface area (Å²) in [5, 5.41) is 12.1. The van der Waals surface area contributed by atoms with Crippen LogP contribution in [0.3, 0.4) is 0 Å². The molecule has 0 saturated heterocycles. The van der Waals surface area contributed by atoms with Gasteiger partial charge in [0.2, 0.25) is 5.91 Å². The van der Waals surface area contributed by atoms with Crippen LogP contribution in [0.1, 0.15) is 38.5 Å². The molecular formula is C10H17NO2. The van der Waals surface area contributed by atoms with Crippen molar-refractivity contribution in [2.45, 2.75) is 44.1 Å². The second-order valence-corrected chi connectivity index (χ2v) is 4.41. The number of nitrogens with one attached hydrogen (secondary N) is 1. The minimum atomic E-state index is -0.243. The van der Waals surface area contributed by atoms with Crippen LogP contribution in [-0.4, -0.2) is 23.2 Å². The third-order valence-corrected chi connectivity index (χ3v) is 3.48. The Kier molecular flexibility index (Phi) is 2.28. The van der Waals surface area contributed by atoms with Gasteiger partial charge >= 0.3 is 0 Å². The standard InChI is InChI=1S/C10H17NO2/c12-7-10(5-2-6-10)11-9(13)8-3-1-4-8/h8,12H,1-7H2,(H,11,13). The van der Waals surface area contributed by atoms with E-state index in [4.69, 9.17) is 5.11 Å². The van der Waals surface area contributed by atoms with Gasteiger partial charge in [0.25, 0.3) is 0 Å². The van der Waals surface area contributed by atoms with Crippen LogP contribution in [-0.2, 0) is 4.79 Å². The van der Waals surface area contributed by atoms with Crippen LogP contribution in [0.15, 0.2) is 0 Å². The number of amides is 1. The lowest BCUT2D eigenvalue weighted by molar-refractivity contribution is -0.131. The van der Waals surface area contributed by atoms with E-state index in [1.165, 1.54) is 6.42 Å². The number of carbonyl (C=O) groups is 1. The maximum absolute atomic E-state index is 11.6. The highest BCUT2D eigenvalue weighted by Crippen LogP contribution is 2.33. The van der Waals surface area contributed by atoms with E-state index in [0.717, 1.165) is 32.1 Å². The molecule has 2 fully saturated rings. The molecule has 0 aliphatic heterocycles. The predicted octanol–water partition coefficient (Wildman–Crippen LogP) is 0.818. The van der Waals surface area contributed by atoms with Crippen molar-refractivity contribution in [2.75, 3.05) is 6.61 Å². The Morgan fingerprint density at radius 2 is 2.08 bits per heavy atom. The average molecular weight is 183 g/mol. The van der Waals surface area contributed by atoms with E-state index < -0.39 is 0 Å². The zero-order valence-corrected chi connectivity index (χ0v) is 7.88. The minimum absolute atomic E-state index is 0.103. The van der Waals surface area contributed by atoms with Crippen molar-refractivity contribution >= 4 is 5.91 Å². The van der Waals surface area contributed by atoms with Crippen LogP contribution in [0, 0.1) is 5.92 Å². The van der Waals surface area contributed by atoms with Crippen LogP contribution in [0.25, 0.3) is 0 Å². The molecule has 1 amide bonds. The minimum Gasteiger partial charge on any atom is -0.394 e. The molecule has 3 heteroatoms. The molecule has 0 bridgehead atoms. The topological polar surface area (TPSA) is 49.3 Å². The summed E-state index contributed by atoms with van der Waals surface area (Å²) in [7, 11) is 0. The first-order valence-corrected chi connectivity index (χ1v) is 5.19. The molecule has 13 heavy (non-hydrogen) atoms. The molecule has 2 rings (SSSR count). The highest BCUT2D eigenvalue weighted by molar-refractivity contribution is 5.80. The summed E-state index contributed by atoms with van der Waals surface area (Å²) >= 11 is 0. The lowest BCUT2D eigenvalue weighted by Gasteiger charge is -2.42. The van der Waals surface area contributed by atoms with Gasteiger partial charge in [0, 0.05) is 5.92 Å². The zero-order chi connectivity index (χ0) is 9.31. The highest BCUT2D eigenvalue weighted by Gasteiger charge is 2.39. The molecule has 0 unspecified atom stereocenters. The molecule has 2 saturated carbocycles. The fourth-order valence-corrected chi connectivity index (χ4v) is 1.96. The summed E-state index contributed by atoms with van der Waals surface area (Å²) in [5.74, 6) is 0.407. The molecule has 0 aromatic rings. The Morgan fingerprint density at radius 3 is 2.38 bits per heavy atom. The van der Waals surface area contributed by atoms with Crippen molar-refractivity contribution in [1.82, 2.24) is 5.32 Å². The Morgan fingerprint density at radius 1 is 1.38 bits per heavy atom. The maximum Gasteiger partial charge on any atom is 0.223 e. The largest absolute Gasteiger partial charge is 0.394 e. The van der Waals surface area contributed by atoms with Crippen LogP contribution in [0.4, 0.5) is 0 Å². The molecule has 0 aromatic carbocycles. The second kappa shape index (κ2) is 3.29. The van der Waals surface area contributed by atoms with E-state index in [9.17, 15) is 4.79 Å². The third kappa shape index (κ3) is 1.57.